The van der Waals surface area contributed by atoms with Crippen LogP contribution in [-0.4, -0.2) is 24.8 Å². The average molecular weight is 348 g/mol. The predicted octanol–water partition coefficient (Wildman–Crippen LogP) is 4.22. The molecule has 0 bridgehead atoms. The molecule has 5 nitrogen and oxygen atoms in total. The van der Waals surface area contributed by atoms with Crippen LogP contribution in [0.1, 0.15) is 15.9 Å². The first-order chi connectivity index (χ1) is 11.5. The number of halogens is 1. The third-order valence-electron chi connectivity index (χ3n) is 3.28. The second kappa shape index (κ2) is 8.26. The van der Waals surface area contributed by atoms with Crippen molar-refractivity contribution >= 4 is 23.3 Å². The minimum absolute atomic E-state index is 0.174. The van der Waals surface area contributed by atoms with E-state index in [1.165, 1.54) is 12.1 Å². The normalized spacial score (nSPS) is 10.1. The van der Waals surface area contributed by atoms with Gasteiger partial charge in [0.15, 0.2) is 11.5 Å². The summed E-state index contributed by atoms with van der Waals surface area (Å²) in [6, 6.07) is 10.1. The molecule has 0 fully saturated rings. The van der Waals surface area contributed by atoms with E-state index in [1.807, 2.05) is 18.2 Å². The number of carboxylic acid groups (broad SMARTS) is 1. The van der Waals surface area contributed by atoms with Crippen molar-refractivity contribution in [1.82, 2.24) is 0 Å². The van der Waals surface area contributed by atoms with E-state index < -0.39 is 5.97 Å². The zero-order valence-corrected chi connectivity index (χ0v) is 14.0. The van der Waals surface area contributed by atoms with Gasteiger partial charge in [-0.25, -0.2) is 4.79 Å². The van der Waals surface area contributed by atoms with Gasteiger partial charge in [-0.1, -0.05) is 30.3 Å². The summed E-state index contributed by atoms with van der Waals surface area (Å²) in [5, 5.41) is 12.6. The fourth-order valence-electron chi connectivity index (χ4n) is 2.08. The standard InChI is InChI=1S/C18H18ClNO4/c1-3-8-24-16-7-4-12(9-17(16)23-2)11-20-15-10-13(18(21)22)5-6-14(15)19/h3-7,9-10,20H,1,8,11H2,2H3,(H,21,22). The van der Waals surface area contributed by atoms with E-state index in [2.05, 4.69) is 11.9 Å². The maximum atomic E-state index is 11.0. The summed E-state index contributed by atoms with van der Waals surface area (Å²) in [6.45, 7) is 4.46. The fourth-order valence-corrected chi connectivity index (χ4v) is 2.27. The molecule has 0 aliphatic carbocycles. The first kappa shape index (κ1) is 17.7. The van der Waals surface area contributed by atoms with Crippen molar-refractivity contribution in [2.45, 2.75) is 6.54 Å². The van der Waals surface area contributed by atoms with E-state index in [1.54, 1.807) is 19.3 Å². The van der Waals surface area contributed by atoms with E-state index in [4.69, 9.17) is 26.2 Å². The van der Waals surface area contributed by atoms with E-state index in [-0.39, 0.29) is 5.56 Å². The molecule has 0 atom stereocenters. The number of hydrogen-bond donors (Lipinski definition) is 2. The number of carboxylic acids is 1. The van der Waals surface area contributed by atoms with Gasteiger partial charge in [0.2, 0.25) is 0 Å². The number of benzene rings is 2. The largest absolute Gasteiger partial charge is 0.493 e. The molecule has 0 spiro atoms. The lowest BCUT2D eigenvalue weighted by Crippen LogP contribution is -2.04. The Morgan fingerprint density at radius 2 is 2.08 bits per heavy atom. The first-order valence-corrected chi connectivity index (χ1v) is 7.60. The summed E-state index contributed by atoms with van der Waals surface area (Å²) in [5.41, 5.74) is 1.67. The maximum absolute atomic E-state index is 11.0. The molecule has 0 aromatic heterocycles. The van der Waals surface area contributed by atoms with E-state index in [0.29, 0.717) is 35.4 Å². The Kier molecular flexibility index (Phi) is 6.09. The molecule has 0 aliphatic heterocycles. The molecule has 0 heterocycles. The number of nitrogens with one attached hydrogen (secondary N) is 1. The molecule has 0 saturated carbocycles. The maximum Gasteiger partial charge on any atom is 0.335 e. The molecule has 0 saturated heterocycles. The molecule has 6 heteroatoms. The van der Waals surface area contributed by atoms with Gasteiger partial charge in [0.05, 0.1) is 23.4 Å². The lowest BCUT2D eigenvalue weighted by Gasteiger charge is -2.13. The molecule has 0 radical (unpaired) electrons. The summed E-state index contributed by atoms with van der Waals surface area (Å²) >= 11 is 6.10. The highest BCUT2D eigenvalue weighted by molar-refractivity contribution is 6.33. The SMILES string of the molecule is C=CCOc1ccc(CNc2cc(C(=O)O)ccc2Cl)cc1OC. The Bertz CT molecular complexity index is 746. The Balaban J connectivity index is 2.13. The molecule has 2 N–H and O–H groups in total. The fraction of sp³-hybridized carbons (Fsp3) is 0.167. The van der Waals surface area contributed by atoms with Crippen molar-refractivity contribution in [2.75, 3.05) is 19.0 Å². The monoisotopic (exact) mass is 347 g/mol. The van der Waals surface area contributed by atoms with Crippen LogP contribution in [0.4, 0.5) is 5.69 Å². The van der Waals surface area contributed by atoms with Crippen LogP contribution in [-0.2, 0) is 6.54 Å². The second-order valence-corrected chi connectivity index (χ2v) is 5.35. The van der Waals surface area contributed by atoms with E-state index >= 15 is 0 Å². The van der Waals surface area contributed by atoms with Gasteiger partial charge in [-0.05, 0) is 35.9 Å². The van der Waals surface area contributed by atoms with Gasteiger partial charge >= 0.3 is 5.97 Å². The zero-order chi connectivity index (χ0) is 17.5. The highest BCUT2D eigenvalue weighted by Gasteiger charge is 2.09. The molecule has 2 aromatic rings. The number of anilines is 1. The number of methoxy groups -OCH3 is 1. The van der Waals surface area contributed by atoms with Crippen molar-refractivity contribution < 1.29 is 19.4 Å². The molecular weight excluding hydrogens is 330 g/mol. The first-order valence-electron chi connectivity index (χ1n) is 7.22. The number of hydrogen-bond acceptors (Lipinski definition) is 4. The highest BCUT2D eigenvalue weighted by atomic mass is 35.5. The summed E-state index contributed by atoms with van der Waals surface area (Å²) in [6.07, 6.45) is 1.66. The third kappa shape index (κ3) is 4.43. The number of rotatable bonds is 8. The van der Waals surface area contributed by atoms with Crippen LogP contribution in [0, 0.1) is 0 Å². The van der Waals surface area contributed by atoms with Crippen molar-refractivity contribution in [1.29, 1.82) is 0 Å². The van der Waals surface area contributed by atoms with Crippen LogP contribution in [0.3, 0.4) is 0 Å². The topological polar surface area (TPSA) is 67.8 Å². The van der Waals surface area contributed by atoms with Gasteiger partial charge < -0.3 is 19.9 Å². The Morgan fingerprint density at radius 3 is 2.75 bits per heavy atom. The van der Waals surface area contributed by atoms with Crippen LogP contribution in [0.2, 0.25) is 5.02 Å². The summed E-state index contributed by atoms with van der Waals surface area (Å²) in [4.78, 5) is 11.0. The Hall–Kier alpha value is -2.66. The van der Waals surface area contributed by atoms with Crippen LogP contribution in [0.5, 0.6) is 11.5 Å². The van der Waals surface area contributed by atoms with Crippen LogP contribution in [0.15, 0.2) is 49.1 Å². The summed E-state index contributed by atoms with van der Waals surface area (Å²) in [5.74, 6) is 0.244. The van der Waals surface area contributed by atoms with E-state index in [9.17, 15) is 4.79 Å². The summed E-state index contributed by atoms with van der Waals surface area (Å²) in [7, 11) is 1.57. The molecule has 126 valence electrons. The number of ether oxygens (including phenoxy) is 2. The molecule has 2 rings (SSSR count). The van der Waals surface area contributed by atoms with Crippen LogP contribution >= 0.6 is 11.6 Å². The van der Waals surface area contributed by atoms with Crippen LogP contribution < -0.4 is 14.8 Å². The van der Waals surface area contributed by atoms with Gasteiger partial charge in [-0.15, -0.1) is 0 Å². The van der Waals surface area contributed by atoms with Gasteiger partial charge in [0.25, 0.3) is 0 Å². The van der Waals surface area contributed by atoms with Gasteiger partial charge in [-0.3, -0.25) is 0 Å². The zero-order valence-electron chi connectivity index (χ0n) is 13.2. The van der Waals surface area contributed by atoms with Crippen molar-refractivity contribution in [3.8, 4) is 11.5 Å². The molecule has 24 heavy (non-hydrogen) atoms. The predicted molar refractivity (Wildman–Crippen MR) is 94.4 cm³/mol. The average Bonchev–Trinajstić information content (AvgIpc) is 2.59. The van der Waals surface area contributed by atoms with E-state index in [0.717, 1.165) is 5.56 Å². The van der Waals surface area contributed by atoms with Gasteiger partial charge in [-0.2, -0.15) is 0 Å². The number of aromatic carboxylic acids is 1. The molecule has 0 aliphatic rings. The molecule has 2 aromatic carbocycles. The second-order valence-electron chi connectivity index (χ2n) is 4.94. The number of carbonyl (C=O) groups is 1. The Morgan fingerprint density at radius 1 is 1.29 bits per heavy atom. The molecular formula is C18H18ClNO4. The molecule has 0 unspecified atom stereocenters. The van der Waals surface area contributed by atoms with Crippen LogP contribution in [0.25, 0.3) is 0 Å². The molecule has 0 amide bonds. The third-order valence-corrected chi connectivity index (χ3v) is 3.61. The smallest absolute Gasteiger partial charge is 0.335 e. The van der Waals surface area contributed by atoms with Gasteiger partial charge in [0.1, 0.15) is 6.61 Å². The van der Waals surface area contributed by atoms with Crippen molar-refractivity contribution in [3.63, 3.8) is 0 Å². The van der Waals surface area contributed by atoms with Gasteiger partial charge in [0, 0.05) is 6.54 Å². The Labute approximate surface area is 145 Å². The van der Waals surface area contributed by atoms with Crippen molar-refractivity contribution in [2.24, 2.45) is 0 Å². The minimum atomic E-state index is -1.000. The quantitative estimate of drug-likeness (QED) is 0.700. The minimum Gasteiger partial charge on any atom is -0.493 e. The van der Waals surface area contributed by atoms with Crippen molar-refractivity contribution in [3.05, 3.63) is 65.2 Å². The highest BCUT2D eigenvalue weighted by Crippen LogP contribution is 2.29. The lowest BCUT2D eigenvalue weighted by atomic mass is 10.1. The summed E-state index contributed by atoms with van der Waals surface area (Å²) < 4.78 is 10.8. The lowest BCUT2D eigenvalue weighted by molar-refractivity contribution is 0.0697.